The van der Waals surface area contributed by atoms with Crippen LogP contribution in [0.3, 0.4) is 0 Å². The van der Waals surface area contributed by atoms with Crippen molar-refractivity contribution < 1.29 is 22.8 Å². The summed E-state index contributed by atoms with van der Waals surface area (Å²) in [5, 5.41) is 4.17. The number of anilines is 2. The van der Waals surface area contributed by atoms with Crippen LogP contribution in [0, 0.1) is 0 Å². The number of nitrogens with two attached hydrogens (primary N) is 1. The maximum absolute atomic E-state index is 12.2. The maximum Gasteiger partial charge on any atom is 0.471 e. The van der Waals surface area contributed by atoms with Crippen molar-refractivity contribution in [2.75, 3.05) is 17.2 Å². The summed E-state index contributed by atoms with van der Waals surface area (Å²) in [6.07, 6.45) is -5.04. The fourth-order valence-electron chi connectivity index (χ4n) is 1.27. The molecule has 0 saturated heterocycles. The van der Waals surface area contributed by atoms with E-state index in [1.54, 1.807) is 5.32 Å². The fraction of sp³-hybridized carbons (Fsp3) is 0.273. The molecule has 110 valence electrons. The van der Waals surface area contributed by atoms with Crippen molar-refractivity contribution in [1.29, 1.82) is 0 Å². The molecule has 0 unspecified atom stereocenters. The monoisotopic (exact) mass is 309 g/mol. The smallest absolute Gasteiger partial charge is 0.330 e. The molecule has 0 atom stereocenters. The van der Waals surface area contributed by atoms with Crippen LogP contribution in [0.4, 0.5) is 24.5 Å². The summed E-state index contributed by atoms with van der Waals surface area (Å²) in [4.78, 5) is 22.3. The van der Waals surface area contributed by atoms with Gasteiger partial charge in [0.05, 0.1) is 11.4 Å². The predicted molar refractivity (Wildman–Crippen MR) is 68.4 cm³/mol. The Bertz CT molecular complexity index is 520. The van der Waals surface area contributed by atoms with Crippen LogP contribution >= 0.6 is 11.6 Å². The first kappa shape index (κ1) is 16.3. The van der Waals surface area contributed by atoms with Gasteiger partial charge in [-0.05, 0) is 18.2 Å². The molecule has 2 amide bonds. The second kappa shape index (κ2) is 6.58. The van der Waals surface area contributed by atoms with Crippen LogP contribution in [0.5, 0.6) is 0 Å². The van der Waals surface area contributed by atoms with E-state index in [-0.39, 0.29) is 29.4 Å². The van der Waals surface area contributed by atoms with Crippen molar-refractivity contribution in [3.05, 3.63) is 23.2 Å². The number of carbonyl (C=O) groups excluding carboxylic acids is 2. The number of halogens is 4. The van der Waals surface area contributed by atoms with Crippen LogP contribution in [-0.4, -0.2) is 24.5 Å². The Kier molecular flexibility index (Phi) is 5.34. The Morgan fingerprint density at radius 3 is 2.40 bits per heavy atom. The van der Waals surface area contributed by atoms with Crippen LogP contribution in [0.2, 0.25) is 5.02 Å². The first-order chi connectivity index (χ1) is 9.24. The molecule has 4 N–H and O–H groups in total. The van der Waals surface area contributed by atoms with E-state index in [1.165, 1.54) is 12.1 Å². The molecule has 0 heterocycles. The molecule has 0 aliphatic heterocycles. The third kappa shape index (κ3) is 4.71. The molecule has 1 aromatic carbocycles. The summed E-state index contributed by atoms with van der Waals surface area (Å²) in [7, 11) is 0. The van der Waals surface area contributed by atoms with Gasteiger partial charge in [0.1, 0.15) is 0 Å². The highest BCUT2D eigenvalue weighted by atomic mass is 35.5. The zero-order valence-electron chi connectivity index (χ0n) is 10.1. The molecule has 0 aromatic heterocycles. The van der Waals surface area contributed by atoms with E-state index in [9.17, 15) is 22.8 Å². The first-order valence-corrected chi connectivity index (χ1v) is 5.79. The molecule has 5 nitrogen and oxygen atoms in total. The van der Waals surface area contributed by atoms with Crippen LogP contribution < -0.4 is 16.4 Å². The molecule has 1 aromatic rings. The maximum atomic E-state index is 12.2. The molecular weight excluding hydrogens is 299 g/mol. The molecule has 0 fully saturated rings. The van der Waals surface area contributed by atoms with Crippen molar-refractivity contribution in [1.82, 2.24) is 0 Å². The van der Waals surface area contributed by atoms with Gasteiger partial charge in [-0.1, -0.05) is 11.6 Å². The number of carbonyl (C=O) groups is 2. The second-order valence-corrected chi connectivity index (χ2v) is 4.17. The van der Waals surface area contributed by atoms with E-state index >= 15 is 0 Å². The zero-order chi connectivity index (χ0) is 15.3. The summed E-state index contributed by atoms with van der Waals surface area (Å²) >= 11 is 5.69. The molecule has 0 saturated carbocycles. The Morgan fingerprint density at radius 1 is 1.20 bits per heavy atom. The summed E-state index contributed by atoms with van der Waals surface area (Å²) in [5.41, 5.74) is 4.94. The third-order valence-corrected chi connectivity index (χ3v) is 2.37. The van der Waals surface area contributed by atoms with E-state index in [0.717, 1.165) is 6.07 Å². The van der Waals surface area contributed by atoms with Crippen LogP contribution in [0.25, 0.3) is 0 Å². The van der Waals surface area contributed by atoms with E-state index in [2.05, 4.69) is 5.32 Å². The number of hydrogen-bond acceptors (Lipinski definition) is 3. The van der Waals surface area contributed by atoms with E-state index in [0.29, 0.717) is 0 Å². The number of alkyl halides is 3. The van der Waals surface area contributed by atoms with Crippen molar-refractivity contribution in [2.24, 2.45) is 5.73 Å². The minimum Gasteiger partial charge on any atom is -0.330 e. The van der Waals surface area contributed by atoms with Gasteiger partial charge in [-0.15, -0.1) is 0 Å². The minimum atomic E-state index is -5.03. The lowest BCUT2D eigenvalue weighted by Gasteiger charge is -2.13. The Hall–Kier alpha value is -1.80. The molecule has 1 rings (SSSR count). The average molecular weight is 310 g/mol. The number of hydrogen-bond donors (Lipinski definition) is 3. The van der Waals surface area contributed by atoms with E-state index in [1.807, 2.05) is 0 Å². The molecule has 0 spiro atoms. The molecule has 0 radical (unpaired) electrons. The molecule has 0 aliphatic rings. The Morgan fingerprint density at radius 2 is 1.85 bits per heavy atom. The van der Waals surface area contributed by atoms with Gasteiger partial charge in [-0.25, -0.2) is 0 Å². The van der Waals surface area contributed by atoms with E-state index < -0.39 is 18.0 Å². The van der Waals surface area contributed by atoms with Gasteiger partial charge in [0.25, 0.3) is 0 Å². The van der Waals surface area contributed by atoms with Crippen molar-refractivity contribution in [2.45, 2.75) is 12.6 Å². The number of nitrogens with one attached hydrogen (secondary N) is 2. The van der Waals surface area contributed by atoms with Gasteiger partial charge >= 0.3 is 12.1 Å². The zero-order valence-corrected chi connectivity index (χ0v) is 10.8. The van der Waals surface area contributed by atoms with Crippen molar-refractivity contribution in [3.8, 4) is 0 Å². The SMILES string of the molecule is NCCC(=O)Nc1cc(Cl)ccc1NC(=O)C(F)(F)F. The number of rotatable bonds is 4. The van der Waals surface area contributed by atoms with Gasteiger partial charge in [0, 0.05) is 18.0 Å². The van der Waals surface area contributed by atoms with Crippen molar-refractivity contribution in [3.63, 3.8) is 0 Å². The third-order valence-electron chi connectivity index (χ3n) is 2.13. The quantitative estimate of drug-likeness (QED) is 0.796. The highest BCUT2D eigenvalue weighted by Gasteiger charge is 2.39. The predicted octanol–water partition coefficient (Wildman–Crippen LogP) is 2.13. The fourth-order valence-corrected chi connectivity index (χ4v) is 1.44. The summed E-state index contributed by atoms with van der Waals surface area (Å²) in [6, 6.07) is 3.66. The topological polar surface area (TPSA) is 84.2 Å². The van der Waals surface area contributed by atoms with Gasteiger partial charge in [0.2, 0.25) is 5.91 Å². The molecule has 20 heavy (non-hydrogen) atoms. The lowest BCUT2D eigenvalue weighted by Crippen LogP contribution is -2.30. The number of amides is 2. The normalized spacial score (nSPS) is 11.1. The summed E-state index contributed by atoms with van der Waals surface area (Å²) < 4.78 is 36.6. The molecule has 0 bridgehead atoms. The highest BCUT2D eigenvalue weighted by Crippen LogP contribution is 2.28. The molecule has 9 heteroatoms. The van der Waals surface area contributed by atoms with Gasteiger partial charge in [-0.2, -0.15) is 13.2 Å². The van der Waals surface area contributed by atoms with Crippen LogP contribution in [0.1, 0.15) is 6.42 Å². The average Bonchev–Trinajstić information content (AvgIpc) is 2.31. The standard InChI is InChI=1S/C11H11ClF3N3O2/c12-6-1-2-7(18-10(20)11(13,14)15)8(5-6)17-9(19)3-4-16/h1-2,5H,3-4,16H2,(H,17,19)(H,18,20). The first-order valence-electron chi connectivity index (χ1n) is 5.41. The second-order valence-electron chi connectivity index (χ2n) is 3.73. The van der Waals surface area contributed by atoms with Crippen LogP contribution in [-0.2, 0) is 9.59 Å². The highest BCUT2D eigenvalue weighted by molar-refractivity contribution is 6.31. The molecular formula is C11H11ClF3N3O2. The molecule has 0 aliphatic carbocycles. The summed E-state index contributed by atoms with van der Waals surface area (Å²) in [5.74, 6) is -2.65. The Labute approximate surface area is 117 Å². The summed E-state index contributed by atoms with van der Waals surface area (Å²) in [6.45, 7) is 0.0800. The van der Waals surface area contributed by atoms with Gasteiger partial charge < -0.3 is 16.4 Å². The number of benzene rings is 1. The van der Waals surface area contributed by atoms with Crippen LogP contribution in [0.15, 0.2) is 18.2 Å². The van der Waals surface area contributed by atoms with E-state index in [4.69, 9.17) is 17.3 Å². The Balaban J connectivity index is 2.96. The van der Waals surface area contributed by atoms with Crippen molar-refractivity contribution >= 4 is 34.8 Å². The minimum absolute atomic E-state index is 0.0147. The largest absolute Gasteiger partial charge is 0.471 e. The lowest BCUT2D eigenvalue weighted by molar-refractivity contribution is -0.167. The van der Waals surface area contributed by atoms with Gasteiger partial charge in [-0.3, -0.25) is 9.59 Å². The lowest BCUT2D eigenvalue weighted by atomic mass is 10.2. The van der Waals surface area contributed by atoms with Gasteiger partial charge in [0.15, 0.2) is 0 Å².